The predicted octanol–water partition coefficient (Wildman–Crippen LogP) is 2.74. The SMILES string of the molecule is CNC(=O)C(CNC(=O)Nc1ccc2c(n1)CCC2)Cc1ccc(F)cc1C. The van der Waals surface area contributed by atoms with Crippen LogP contribution in [0.2, 0.25) is 0 Å². The summed E-state index contributed by atoms with van der Waals surface area (Å²) < 4.78 is 13.3. The molecule has 0 bridgehead atoms. The smallest absolute Gasteiger partial charge is 0.320 e. The average molecular weight is 384 g/mol. The molecule has 0 spiro atoms. The van der Waals surface area contributed by atoms with Crippen LogP contribution in [0.15, 0.2) is 30.3 Å². The van der Waals surface area contributed by atoms with E-state index in [0.29, 0.717) is 12.2 Å². The van der Waals surface area contributed by atoms with E-state index in [1.54, 1.807) is 26.1 Å². The Hall–Kier alpha value is -2.96. The van der Waals surface area contributed by atoms with Crippen LogP contribution in [0.3, 0.4) is 0 Å². The van der Waals surface area contributed by atoms with Gasteiger partial charge in [-0.2, -0.15) is 0 Å². The van der Waals surface area contributed by atoms with Crippen LogP contribution >= 0.6 is 0 Å². The molecule has 3 N–H and O–H groups in total. The number of amides is 3. The van der Waals surface area contributed by atoms with E-state index in [2.05, 4.69) is 20.9 Å². The molecule has 1 aliphatic rings. The molecule has 28 heavy (non-hydrogen) atoms. The van der Waals surface area contributed by atoms with E-state index in [1.165, 1.54) is 17.7 Å². The lowest BCUT2D eigenvalue weighted by atomic mass is 9.95. The second-order valence-corrected chi connectivity index (χ2v) is 7.08. The van der Waals surface area contributed by atoms with Gasteiger partial charge in [-0.1, -0.05) is 12.1 Å². The molecule has 0 fully saturated rings. The first kappa shape index (κ1) is 19.8. The summed E-state index contributed by atoms with van der Waals surface area (Å²) in [6.07, 6.45) is 3.46. The summed E-state index contributed by atoms with van der Waals surface area (Å²) in [5, 5.41) is 8.09. The predicted molar refractivity (Wildman–Crippen MR) is 106 cm³/mol. The highest BCUT2D eigenvalue weighted by molar-refractivity contribution is 5.89. The number of rotatable bonds is 6. The molecule has 0 saturated carbocycles. The van der Waals surface area contributed by atoms with Gasteiger partial charge in [-0.15, -0.1) is 0 Å². The summed E-state index contributed by atoms with van der Waals surface area (Å²) >= 11 is 0. The highest BCUT2D eigenvalue weighted by atomic mass is 19.1. The molecule has 0 aliphatic heterocycles. The Morgan fingerprint density at radius 1 is 1.21 bits per heavy atom. The summed E-state index contributed by atoms with van der Waals surface area (Å²) in [5.74, 6) is -0.450. The topological polar surface area (TPSA) is 83.1 Å². The van der Waals surface area contributed by atoms with Gasteiger partial charge < -0.3 is 10.6 Å². The largest absolute Gasteiger partial charge is 0.359 e. The zero-order valence-electron chi connectivity index (χ0n) is 16.1. The van der Waals surface area contributed by atoms with Gasteiger partial charge in [0.1, 0.15) is 11.6 Å². The van der Waals surface area contributed by atoms with Crippen LogP contribution in [0.1, 0.15) is 28.8 Å². The van der Waals surface area contributed by atoms with Gasteiger partial charge in [0.15, 0.2) is 0 Å². The number of hydrogen-bond acceptors (Lipinski definition) is 3. The number of fused-ring (bicyclic) bond motifs is 1. The van der Waals surface area contributed by atoms with Crippen molar-refractivity contribution in [3.63, 3.8) is 0 Å². The van der Waals surface area contributed by atoms with E-state index in [1.807, 2.05) is 6.07 Å². The van der Waals surface area contributed by atoms with Crippen molar-refractivity contribution < 1.29 is 14.0 Å². The zero-order valence-corrected chi connectivity index (χ0v) is 16.1. The fourth-order valence-corrected chi connectivity index (χ4v) is 3.48. The lowest BCUT2D eigenvalue weighted by Gasteiger charge is -2.18. The molecule has 1 heterocycles. The Balaban J connectivity index is 1.60. The number of carbonyl (C=O) groups excluding carboxylic acids is 2. The van der Waals surface area contributed by atoms with E-state index < -0.39 is 11.9 Å². The summed E-state index contributed by atoms with van der Waals surface area (Å²) in [6, 6.07) is 7.88. The first-order chi connectivity index (χ1) is 13.5. The van der Waals surface area contributed by atoms with E-state index in [9.17, 15) is 14.0 Å². The number of pyridine rings is 1. The van der Waals surface area contributed by atoms with Crippen molar-refractivity contribution in [1.82, 2.24) is 15.6 Å². The zero-order chi connectivity index (χ0) is 20.1. The third-order valence-electron chi connectivity index (χ3n) is 5.07. The Kier molecular flexibility index (Phi) is 6.23. The molecule has 1 aromatic carbocycles. The fourth-order valence-electron chi connectivity index (χ4n) is 3.48. The minimum atomic E-state index is -0.465. The number of hydrogen-bond donors (Lipinski definition) is 3. The molecular formula is C21H25FN4O2. The normalized spacial score (nSPS) is 13.5. The number of carbonyl (C=O) groups is 2. The number of aryl methyl sites for hydroxylation is 3. The van der Waals surface area contributed by atoms with Gasteiger partial charge in [0.25, 0.3) is 0 Å². The number of anilines is 1. The van der Waals surface area contributed by atoms with Crippen LogP contribution in [-0.4, -0.2) is 30.5 Å². The van der Waals surface area contributed by atoms with E-state index in [-0.39, 0.29) is 18.3 Å². The summed E-state index contributed by atoms with van der Waals surface area (Å²) in [7, 11) is 1.56. The van der Waals surface area contributed by atoms with Crippen molar-refractivity contribution in [3.05, 3.63) is 58.5 Å². The molecule has 148 valence electrons. The number of urea groups is 1. The molecule has 0 saturated heterocycles. The third kappa shape index (κ3) is 4.85. The van der Waals surface area contributed by atoms with Gasteiger partial charge in [0.2, 0.25) is 5.91 Å². The van der Waals surface area contributed by atoms with Crippen molar-refractivity contribution in [3.8, 4) is 0 Å². The summed E-state index contributed by atoms with van der Waals surface area (Å²) in [5.41, 5.74) is 3.92. The van der Waals surface area contributed by atoms with Crippen LogP contribution in [0.4, 0.5) is 15.0 Å². The van der Waals surface area contributed by atoms with Gasteiger partial charge in [-0.05, 0) is 67.5 Å². The van der Waals surface area contributed by atoms with Gasteiger partial charge in [0, 0.05) is 19.3 Å². The van der Waals surface area contributed by atoms with Crippen LogP contribution in [0.5, 0.6) is 0 Å². The first-order valence-electron chi connectivity index (χ1n) is 9.46. The second kappa shape index (κ2) is 8.82. The summed E-state index contributed by atoms with van der Waals surface area (Å²) in [6.45, 7) is 1.96. The minimum absolute atomic E-state index is 0.160. The number of halogens is 1. The number of nitrogens with zero attached hydrogens (tertiary/aromatic N) is 1. The van der Waals surface area contributed by atoms with Crippen LogP contribution in [-0.2, 0) is 24.1 Å². The lowest BCUT2D eigenvalue weighted by Crippen LogP contribution is -2.40. The monoisotopic (exact) mass is 384 g/mol. The Morgan fingerprint density at radius 2 is 2.04 bits per heavy atom. The van der Waals surface area contributed by atoms with Crippen molar-refractivity contribution >= 4 is 17.8 Å². The highest BCUT2D eigenvalue weighted by Gasteiger charge is 2.20. The van der Waals surface area contributed by atoms with Gasteiger partial charge in [-0.25, -0.2) is 14.2 Å². The van der Waals surface area contributed by atoms with Crippen LogP contribution in [0.25, 0.3) is 0 Å². The number of nitrogens with one attached hydrogen (secondary N) is 3. The minimum Gasteiger partial charge on any atom is -0.359 e. The quantitative estimate of drug-likeness (QED) is 0.716. The van der Waals surface area contributed by atoms with E-state index in [4.69, 9.17) is 0 Å². The van der Waals surface area contributed by atoms with Gasteiger partial charge in [-0.3, -0.25) is 10.1 Å². The molecule has 7 heteroatoms. The molecule has 2 aromatic rings. The van der Waals surface area contributed by atoms with Crippen molar-refractivity contribution in [2.45, 2.75) is 32.6 Å². The molecule has 3 rings (SSSR count). The molecule has 1 aromatic heterocycles. The standard InChI is InChI=1S/C21H25FN4O2/c1-13-10-17(22)8-6-15(13)11-16(20(27)23-2)12-24-21(28)26-19-9-7-14-4-3-5-18(14)25-19/h6-10,16H,3-5,11-12H2,1-2H3,(H,23,27)(H2,24,25,26,28). The van der Waals surface area contributed by atoms with Crippen LogP contribution < -0.4 is 16.0 Å². The van der Waals surface area contributed by atoms with Gasteiger partial charge in [0.05, 0.1) is 5.92 Å². The highest BCUT2D eigenvalue weighted by Crippen LogP contribution is 2.21. The second-order valence-electron chi connectivity index (χ2n) is 7.08. The van der Waals surface area contributed by atoms with Crippen molar-refractivity contribution in [1.29, 1.82) is 0 Å². The molecule has 1 atom stereocenters. The Labute approximate surface area is 163 Å². The maximum absolute atomic E-state index is 13.3. The van der Waals surface area contributed by atoms with E-state index in [0.717, 1.165) is 36.1 Å². The Morgan fingerprint density at radius 3 is 2.79 bits per heavy atom. The maximum atomic E-state index is 13.3. The summed E-state index contributed by atoms with van der Waals surface area (Å²) in [4.78, 5) is 28.9. The molecule has 1 unspecified atom stereocenters. The van der Waals surface area contributed by atoms with Gasteiger partial charge >= 0.3 is 6.03 Å². The van der Waals surface area contributed by atoms with Crippen LogP contribution in [0, 0.1) is 18.7 Å². The third-order valence-corrected chi connectivity index (χ3v) is 5.07. The van der Waals surface area contributed by atoms with Crippen molar-refractivity contribution in [2.24, 2.45) is 5.92 Å². The van der Waals surface area contributed by atoms with Crippen molar-refractivity contribution in [2.75, 3.05) is 18.9 Å². The molecule has 1 aliphatic carbocycles. The molecule has 6 nitrogen and oxygen atoms in total. The van der Waals surface area contributed by atoms with E-state index >= 15 is 0 Å². The fraction of sp³-hybridized carbons (Fsp3) is 0.381. The molecule has 3 amide bonds. The maximum Gasteiger partial charge on any atom is 0.320 e. The Bertz CT molecular complexity index is 885. The molecule has 0 radical (unpaired) electrons. The average Bonchev–Trinajstić information content (AvgIpc) is 3.14. The molecular weight excluding hydrogens is 359 g/mol. The number of benzene rings is 1. The lowest BCUT2D eigenvalue weighted by molar-refractivity contribution is -0.124. The first-order valence-corrected chi connectivity index (χ1v) is 9.46. The number of aromatic nitrogens is 1.